The molecule has 0 spiro atoms. The minimum absolute atomic E-state index is 0.0978. The van der Waals surface area contributed by atoms with E-state index in [1.54, 1.807) is 0 Å². The van der Waals surface area contributed by atoms with E-state index in [1.165, 1.54) is 12.8 Å². The molecule has 2 aromatic heterocycles. The van der Waals surface area contributed by atoms with Crippen LogP contribution in [0.5, 0.6) is 0 Å². The minimum atomic E-state index is 0.0978. The lowest BCUT2D eigenvalue weighted by Crippen LogP contribution is -2.32. The Morgan fingerprint density at radius 2 is 1.87 bits per heavy atom. The van der Waals surface area contributed by atoms with E-state index in [4.69, 9.17) is 10.1 Å². The van der Waals surface area contributed by atoms with E-state index >= 15 is 0 Å². The van der Waals surface area contributed by atoms with Crippen molar-refractivity contribution < 1.29 is 0 Å². The Morgan fingerprint density at radius 1 is 1.09 bits per heavy atom. The second-order valence-corrected chi connectivity index (χ2v) is 7.59. The molecule has 116 valence electrons. The van der Waals surface area contributed by atoms with Gasteiger partial charge in [0, 0.05) is 16.9 Å². The quantitative estimate of drug-likeness (QED) is 0.692. The van der Waals surface area contributed by atoms with Crippen molar-refractivity contribution in [1.82, 2.24) is 24.8 Å². The zero-order valence-electron chi connectivity index (χ0n) is 13.6. The smallest absolute Gasteiger partial charge is 0.212 e. The predicted molar refractivity (Wildman–Crippen MR) is 87.1 cm³/mol. The maximum Gasteiger partial charge on any atom is 0.272 e. The van der Waals surface area contributed by atoms with Crippen molar-refractivity contribution in [2.45, 2.75) is 44.9 Å². The second kappa shape index (κ2) is 3.96. The van der Waals surface area contributed by atoms with Crippen LogP contribution in [0.3, 0.4) is 0 Å². The summed E-state index contributed by atoms with van der Waals surface area (Å²) in [4.78, 5) is 4.88. The van der Waals surface area contributed by atoms with Crippen molar-refractivity contribution in [3.8, 4) is 11.4 Å². The van der Waals surface area contributed by atoms with Crippen LogP contribution in [0.25, 0.3) is 17.2 Å². The van der Waals surface area contributed by atoms with Crippen molar-refractivity contribution in [1.29, 1.82) is 0 Å². The molecule has 2 aliphatic carbocycles. The summed E-state index contributed by atoms with van der Waals surface area (Å²) in [7, 11) is 0. The van der Waals surface area contributed by atoms with Gasteiger partial charge in [-0.1, -0.05) is 51.1 Å². The highest BCUT2D eigenvalue weighted by atomic mass is 15.4. The van der Waals surface area contributed by atoms with Crippen LogP contribution in [0.4, 0.5) is 0 Å². The number of benzene rings is 1. The molecular formula is C18H19N5. The molecule has 1 saturated carbocycles. The van der Waals surface area contributed by atoms with E-state index in [0.717, 1.165) is 22.8 Å². The molecule has 5 rings (SSSR count). The average Bonchev–Trinajstić information content (AvgIpc) is 3.11. The first-order valence-corrected chi connectivity index (χ1v) is 8.22. The summed E-state index contributed by atoms with van der Waals surface area (Å²) in [6.07, 6.45) is 2.38. The molecule has 23 heavy (non-hydrogen) atoms. The summed E-state index contributed by atoms with van der Waals surface area (Å²) in [5.41, 5.74) is 3.60. The third-order valence-corrected chi connectivity index (χ3v) is 6.40. The fourth-order valence-electron chi connectivity index (χ4n) is 4.56. The molecule has 2 atom stereocenters. The number of nitrogens with zero attached hydrogens (tertiary/aromatic N) is 5. The summed E-state index contributed by atoms with van der Waals surface area (Å²) in [5, 5.41) is 13.5. The molecule has 1 fully saturated rings. The third-order valence-electron chi connectivity index (χ3n) is 6.40. The van der Waals surface area contributed by atoms with Gasteiger partial charge in [0.15, 0.2) is 5.82 Å². The van der Waals surface area contributed by atoms with Gasteiger partial charge in [0.25, 0.3) is 5.78 Å². The Balaban J connectivity index is 1.78. The molecular weight excluding hydrogens is 286 g/mol. The number of rotatable bonds is 1. The van der Waals surface area contributed by atoms with Gasteiger partial charge in [0.1, 0.15) is 0 Å². The molecule has 2 bridgehead atoms. The van der Waals surface area contributed by atoms with Gasteiger partial charge in [-0.25, -0.2) is 4.98 Å². The zero-order valence-corrected chi connectivity index (χ0v) is 13.6. The molecule has 2 heterocycles. The second-order valence-electron chi connectivity index (χ2n) is 7.59. The Bertz CT molecular complexity index is 927. The molecule has 5 heteroatoms. The molecule has 3 aromatic rings. The Kier molecular flexibility index (Phi) is 2.27. The van der Waals surface area contributed by atoms with Crippen molar-refractivity contribution in [2.24, 2.45) is 5.41 Å². The summed E-state index contributed by atoms with van der Waals surface area (Å²) < 4.78 is 1.81. The first kappa shape index (κ1) is 13.2. The van der Waals surface area contributed by atoms with Crippen LogP contribution in [0, 0.1) is 5.41 Å². The van der Waals surface area contributed by atoms with Gasteiger partial charge in [-0.15, -0.1) is 10.2 Å². The molecule has 0 aliphatic heterocycles. The lowest BCUT2D eigenvalue weighted by molar-refractivity contribution is 0.227. The van der Waals surface area contributed by atoms with Gasteiger partial charge in [-0.05, 0) is 18.3 Å². The summed E-state index contributed by atoms with van der Waals surface area (Å²) in [6, 6.07) is 10.1. The highest BCUT2D eigenvalue weighted by Gasteiger charge is 2.61. The Labute approximate surface area is 134 Å². The molecule has 0 saturated heterocycles. The molecule has 1 aromatic carbocycles. The van der Waals surface area contributed by atoms with Crippen LogP contribution in [-0.4, -0.2) is 24.8 Å². The molecule has 5 nitrogen and oxygen atoms in total. The summed E-state index contributed by atoms with van der Waals surface area (Å²) in [5.74, 6) is 1.85. The topological polar surface area (TPSA) is 56.0 Å². The highest BCUT2D eigenvalue weighted by molar-refractivity contribution is 5.57. The molecule has 0 N–H and O–H groups in total. The average molecular weight is 305 g/mol. The van der Waals surface area contributed by atoms with Gasteiger partial charge in [-0.2, -0.15) is 9.61 Å². The number of fused-ring (bicyclic) bond motifs is 6. The van der Waals surface area contributed by atoms with Crippen LogP contribution in [0.2, 0.25) is 0 Å². The monoisotopic (exact) mass is 305 g/mol. The molecule has 0 radical (unpaired) electrons. The molecule has 0 amide bonds. The van der Waals surface area contributed by atoms with Crippen LogP contribution >= 0.6 is 0 Å². The van der Waals surface area contributed by atoms with E-state index in [-0.39, 0.29) is 10.8 Å². The van der Waals surface area contributed by atoms with E-state index in [0.29, 0.717) is 11.7 Å². The maximum atomic E-state index is 4.94. The Morgan fingerprint density at radius 3 is 2.65 bits per heavy atom. The predicted octanol–water partition coefficient (Wildman–Crippen LogP) is 3.36. The van der Waals surface area contributed by atoms with Crippen molar-refractivity contribution in [3.63, 3.8) is 0 Å². The highest BCUT2D eigenvalue weighted by Crippen LogP contribution is 2.66. The zero-order chi connectivity index (χ0) is 15.8. The normalized spacial score (nSPS) is 27.5. The van der Waals surface area contributed by atoms with E-state index in [9.17, 15) is 0 Å². The van der Waals surface area contributed by atoms with Gasteiger partial charge < -0.3 is 0 Å². The number of aromatic nitrogens is 5. The van der Waals surface area contributed by atoms with Gasteiger partial charge in [0.2, 0.25) is 0 Å². The van der Waals surface area contributed by atoms with E-state index < -0.39 is 0 Å². The van der Waals surface area contributed by atoms with Crippen molar-refractivity contribution in [2.75, 3.05) is 0 Å². The van der Waals surface area contributed by atoms with Crippen LogP contribution in [0.1, 0.15) is 50.9 Å². The number of hydrogen-bond donors (Lipinski definition) is 0. The summed E-state index contributed by atoms with van der Waals surface area (Å²) in [6.45, 7) is 7.04. The fraction of sp³-hybridized carbons (Fsp3) is 0.444. The van der Waals surface area contributed by atoms with Crippen molar-refractivity contribution in [3.05, 3.63) is 41.7 Å². The lowest BCUT2D eigenvalue weighted by atomic mass is 9.70. The summed E-state index contributed by atoms with van der Waals surface area (Å²) >= 11 is 0. The first-order chi connectivity index (χ1) is 11.0. The van der Waals surface area contributed by atoms with Gasteiger partial charge in [0.05, 0.1) is 11.4 Å². The first-order valence-electron chi connectivity index (χ1n) is 8.22. The molecule has 0 unspecified atom stereocenters. The number of hydrogen-bond acceptors (Lipinski definition) is 4. The largest absolute Gasteiger partial charge is 0.272 e. The third kappa shape index (κ3) is 1.43. The van der Waals surface area contributed by atoms with Crippen LogP contribution in [0.15, 0.2) is 30.3 Å². The molecule has 2 aliphatic rings. The van der Waals surface area contributed by atoms with E-state index in [1.807, 2.05) is 34.8 Å². The lowest BCUT2D eigenvalue weighted by Gasteiger charge is -2.33. The fourth-order valence-corrected chi connectivity index (χ4v) is 4.56. The standard InChI is InChI=1S/C18H19N5/c1-17(2)12-9-10-18(17,3)14-13(12)22-23-15(20-21-16(23)19-14)11-7-5-4-6-8-11/h4-8,12H,9-10H2,1-3H3/t12-,18+/m1/s1. The van der Waals surface area contributed by atoms with Crippen LogP contribution in [-0.2, 0) is 5.41 Å². The van der Waals surface area contributed by atoms with Crippen molar-refractivity contribution >= 4 is 5.78 Å². The Hall–Kier alpha value is -2.30. The van der Waals surface area contributed by atoms with E-state index in [2.05, 4.69) is 31.0 Å². The maximum absolute atomic E-state index is 4.94. The minimum Gasteiger partial charge on any atom is -0.212 e. The SMILES string of the molecule is CC1(C)[C@@H]2CC[C@@]1(C)c1nc3nnc(-c4ccccc4)n3nc12. The van der Waals surface area contributed by atoms with Crippen LogP contribution < -0.4 is 0 Å². The van der Waals surface area contributed by atoms with Gasteiger partial charge >= 0.3 is 0 Å². The van der Waals surface area contributed by atoms with Gasteiger partial charge in [-0.3, -0.25) is 0 Å².